The van der Waals surface area contributed by atoms with Gasteiger partial charge in [0.05, 0.1) is 18.0 Å². The van der Waals surface area contributed by atoms with Crippen molar-refractivity contribution in [2.75, 3.05) is 20.2 Å². The molecule has 0 spiro atoms. The number of nitrogens with zero attached hydrogens (tertiary/aromatic N) is 2. The third-order valence-corrected chi connectivity index (χ3v) is 3.68. The van der Waals surface area contributed by atoms with Crippen LogP contribution in [0.1, 0.15) is 23.2 Å². The highest BCUT2D eigenvalue weighted by Gasteiger charge is 2.29. The molecule has 1 aliphatic heterocycles. The number of rotatable bonds is 4. The molecule has 1 N–H and O–H groups in total. The van der Waals surface area contributed by atoms with E-state index in [0.29, 0.717) is 19.4 Å². The van der Waals surface area contributed by atoms with Crippen LogP contribution >= 0.6 is 0 Å². The maximum absolute atomic E-state index is 12.4. The lowest BCUT2D eigenvalue weighted by molar-refractivity contribution is -0.385. The zero-order chi connectivity index (χ0) is 16.3. The minimum Gasteiger partial charge on any atom is -0.490 e. The largest absolute Gasteiger partial charge is 0.490 e. The highest BCUT2D eigenvalue weighted by atomic mass is 16.6. The third kappa shape index (κ3) is 3.16. The van der Waals surface area contributed by atoms with Gasteiger partial charge in [0.15, 0.2) is 5.75 Å². The second-order valence-electron chi connectivity index (χ2n) is 5.07. The Morgan fingerprint density at radius 3 is 2.77 bits per heavy atom. The normalized spacial score (nSPS) is 17.9. The Balaban J connectivity index is 2.24. The van der Waals surface area contributed by atoms with Gasteiger partial charge in [-0.05, 0) is 25.0 Å². The molecule has 118 valence electrons. The van der Waals surface area contributed by atoms with Crippen molar-refractivity contribution in [3.05, 3.63) is 33.9 Å². The van der Waals surface area contributed by atoms with Gasteiger partial charge in [-0.25, -0.2) is 0 Å². The van der Waals surface area contributed by atoms with Gasteiger partial charge < -0.3 is 14.7 Å². The molecule has 1 aliphatic rings. The summed E-state index contributed by atoms with van der Waals surface area (Å²) in [6.07, 6.45) is 1.13. The van der Waals surface area contributed by atoms with E-state index in [1.54, 1.807) is 0 Å². The number of carbonyl (C=O) groups excluding carboxylic acids is 1. The number of ether oxygens (including phenoxy) is 1. The van der Waals surface area contributed by atoms with Crippen molar-refractivity contribution in [3.63, 3.8) is 0 Å². The Bertz CT molecular complexity index is 615. The van der Waals surface area contributed by atoms with E-state index in [1.807, 2.05) is 0 Å². The summed E-state index contributed by atoms with van der Waals surface area (Å²) in [7, 11) is 1.31. The van der Waals surface area contributed by atoms with Gasteiger partial charge in [-0.1, -0.05) is 0 Å². The summed E-state index contributed by atoms with van der Waals surface area (Å²) >= 11 is 0. The van der Waals surface area contributed by atoms with Crippen molar-refractivity contribution in [1.29, 1.82) is 0 Å². The van der Waals surface area contributed by atoms with E-state index in [0.717, 1.165) is 6.07 Å². The smallest absolute Gasteiger partial charge is 0.311 e. The molecular formula is C14H16N2O6. The number of likely N-dealkylation sites (tertiary alicyclic amines) is 1. The van der Waals surface area contributed by atoms with Crippen molar-refractivity contribution < 1.29 is 24.4 Å². The number of nitro benzene ring substituents is 1. The number of amides is 1. The van der Waals surface area contributed by atoms with Crippen molar-refractivity contribution in [2.45, 2.75) is 12.8 Å². The van der Waals surface area contributed by atoms with E-state index in [2.05, 4.69) is 0 Å². The monoisotopic (exact) mass is 308 g/mol. The molecule has 1 saturated heterocycles. The standard InChI is InChI=1S/C14H16N2O6/c1-22-12-5-4-9(7-11(12)16(20)21)13(17)15-6-2-3-10(8-15)14(18)19/h4-5,7,10H,2-3,6,8H2,1H3,(H,18,19)/t10-/m0/s1. The van der Waals surface area contributed by atoms with Crippen LogP contribution in [0.2, 0.25) is 0 Å². The number of benzene rings is 1. The van der Waals surface area contributed by atoms with Crippen molar-refractivity contribution in [1.82, 2.24) is 4.90 Å². The van der Waals surface area contributed by atoms with Gasteiger partial charge in [-0.2, -0.15) is 0 Å². The van der Waals surface area contributed by atoms with E-state index in [-0.39, 0.29) is 23.5 Å². The molecule has 1 atom stereocenters. The first-order chi connectivity index (χ1) is 10.4. The first kappa shape index (κ1) is 15.7. The minimum atomic E-state index is -0.932. The van der Waals surface area contributed by atoms with Gasteiger partial charge in [-0.15, -0.1) is 0 Å². The first-order valence-electron chi connectivity index (χ1n) is 6.78. The van der Waals surface area contributed by atoms with E-state index < -0.39 is 22.7 Å². The molecule has 0 unspecified atom stereocenters. The zero-order valence-corrected chi connectivity index (χ0v) is 12.0. The SMILES string of the molecule is COc1ccc(C(=O)N2CCC[C@H](C(=O)O)C2)cc1[N+](=O)[O-]. The second kappa shape index (κ2) is 6.42. The summed E-state index contributed by atoms with van der Waals surface area (Å²) in [6, 6.07) is 3.97. The number of aliphatic carboxylic acids is 1. The van der Waals surface area contributed by atoms with Gasteiger partial charge in [0.2, 0.25) is 0 Å². The topological polar surface area (TPSA) is 110 Å². The maximum atomic E-state index is 12.4. The average molecular weight is 308 g/mol. The van der Waals surface area contributed by atoms with Crippen LogP contribution in [-0.2, 0) is 4.79 Å². The molecule has 22 heavy (non-hydrogen) atoms. The summed E-state index contributed by atoms with van der Waals surface area (Å²) < 4.78 is 4.89. The minimum absolute atomic E-state index is 0.0728. The molecule has 0 saturated carbocycles. The van der Waals surface area contributed by atoms with Gasteiger partial charge >= 0.3 is 11.7 Å². The van der Waals surface area contributed by atoms with Gasteiger partial charge in [-0.3, -0.25) is 19.7 Å². The fraction of sp³-hybridized carbons (Fsp3) is 0.429. The molecular weight excluding hydrogens is 292 g/mol. The Labute approximate surface area is 126 Å². The number of carboxylic acids is 1. The number of carbonyl (C=O) groups is 2. The van der Waals surface area contributed by atoms with Gasteiger partial charge in [0.25, 0.3) is 5.91 Å². The van der Waals surface area contributed by atoms with Crippen molar-refractivity contribution in [2.24, 2.45) is 5.92 Å². The van der Waals surface area contributed by atoms with Crippen LogP contribution < -0.4 is 4.74 Å². The van der Waals surface area contributed by atoms with Crippen LogP contribution in [-0.4, -0.2) is 47.0 Å². The maximum Gasteiger partial charge on any atom is 0.311 e. The first-order valence-corrected chi connectivity index (χ1v) is 6.78. The molecule has 2 rings (SSSR count). The molecule has 1 aromatic rings. The molecule has 0 radical (unpaired) electrons. The Hall–Kier alpha value is -2.64. The highest BCUT2D eigenvalue weighted by Crippen LogP contribution is 2.28. The van der Waals surface area contributed by atoms with Crippen LogP contribution in [0, 0.1) is 16.0 Å². The summed E-state index contributed by atoms with van der Waals surface area (Å²) in [5.41, 5.74) is -0.140. The molecule has 8 heteroatoms. The number of piperidine rings is 1. The third-order valence-electron chi connectivity index (χ3n) is 3.68. The number of hydrogen-bond acceptors (Lipinski definition) is 5. The van der Waals surface area contributed by atoms with E-state index in [9.17, 15) is 19.7 Å². The van der Waals surface area contributed by atoms with Crippen LogP contribution in [0.4, 0.5) is 5.69 Å². The van der Waals surface area contributed by atoms with Crippen LogP contribution in [0.3, 0.4) is 0 Å². The molecule has 1 amide bonds. The number of hydrogen-bond donors (Lipinski definition) is 1. The predicted octanol–water partition coefficient (Wildman–Crippen LogP) is 1.54. The molecule has 0 aliphatic carbocycles. The predicted molar refractivity (Wildman–Crippen MR) is 75.9 cm³/mol. The Morgan fingerprint density at radius 1 is 1.45 bits per heavy atom. The fourth-order valence-electron chi connectivity index (χ4n) is 2.51. The lowest BCUT2D eigenvalue weighted by atomic mass is 9.97. The summed E-state index contributed by atoms with van der Waals surface area (Å²) in [5.74, 6) is -1.86. The summed E-state index contributed by atoms with van der Waals surface area (Å²) in [6.45, 7) is 0.566. The van der Waals surface area contributed by atoms with E-state index in [4.69, 9.17) is 9.84 Å². The molecule has 1 heterocycles. The van der Waals surface area contributed by atoms with E-state index >= 15 is 0 Å². The molecule has 1 fully saturated rings. The van der Waals surface area contributed by atoms with Crippen LogP contribution in [0.5, 0.6) is 5.75 Å². The van der Waals surface area contributed by atoms with E-state index in [1.165, 1.54) is 24.1 Å². The Kier molecular flexibility index (Phi) is 4.59. The Morgan fingerprint density at radius 2 is 2.18 bits per heavy atom. The lowest BCUT2D eigenvalue weighted by Gasteiger charge is -2.30. The van der Waals surface area contributed by atoms with Crippen LogP contribution in [0.25, 0.3) is 0 Å². The van der Waals surface area contributed by atoms with Gasteiger partial charge in [0.1, 0.15) is 0 Å². The van der Waals surface area contributed by atoms with Gasteiger partial charge in [0, 0.05) is 24.7 Å². The fourth-order valence-corrected chi connectivity index (χ4v) is 2.51. The van der Waals surface area contributed by atoms with Crippen molar-refractivity contribution in [3.8, 4) is 5.75 Å². The molecule has 0 aromatic heterocycles. The molecule has 0 bridgehead atoms. The lowest BCUT2D eigenvalue weighted by Crippen LogP contribution is -2.42. The number of carboxylic acid groups (broad SMARTS) is 1. The number of methoxy groups -OCH3 is 1. The van der Waals surface area contributed by atoms with Crippen molar-refractivity contribution >= 4 is 17.6 Å². The summed E-state index contributed by atoms with van der Waals surface area (Å²) in [5, 5.41) is 20.0. The zero-order valence-electron chi connectivity index (χ0n) is 12.0. The molecule has 8 nitrogen and oxygen atoms in total. The average Bonchev–Trinajstić information content (AvgIpc) is 2.53. The molecule has 1 aromatic carbocycles. The second-order valence-corrected chi connectivity index (χ2v) is 5.07. The quantitative estimate of drug-likeness (QED) is 0.667. The highest BCUT2D eigenvalue weighted by molar-refractivity contribution is 5.95. The van der Waals surface area contributed by atoms with Crippen LogP contribution in [0.15, 0.2) is 18.2 Å². The number of nitro groups is 1. The summed E-state index contributed by atoms with van der Waals surface area (Å²) in [4.78, 5) is 35.3.